The molecule has 0 amide bonds. The molecule has 0 spiro atoms. The van der Waals surface area contributed by atoms with Crippen LogP contribution >= 0.6 is 0 Å². The van der Waals surface area contributed by atoms with Gasteiger partial charge in [-0.15, -0.1) is 0 Å². The lowest BCUT2D eigenvalue weighted by molar-refractivity contribution is -0.217. The lowest BCUT2D eigenvalue weighted by Crippen LogP contribution is -2.46. The molecular formula is C24H28F4N2O3. The number of nitrogens with zero attached hydrogens (tertiary/aromatic N) is 2. The molecule has 1 aliphatic heterocycles. The Morgan fingerprint density at radius 1 is 1.15 bits per heavy atom. The van der Waals surface area contributed by atoms with Gasteiger partial charge in [0.15, 0.2) is 0 Å². The zero-order valence-corrected chi connectivity index (χ0v) is 18.9. The highest BCUT2D eigenvalue weighted by Gasteiger charge is 2.48. The van der Waals surface area contributed by atoms with Crippen LogP contribution in [0.5, 0.6) is 5.75 Å². The maximum Gasteiger partial charge on any atom is 0.395 e. The number of piperidine rings is 1. The fraction of sp³-hybridized carbons (Fsp3) is 0.500. The van der Waals surface area contributed by atoms with Gasteiger partial charge in [-0.1, -0.05) is 0 Å². The zero-order valence-electron chi connectivity index (χ0n) is 18.9. The molecule has 1 aromatic heterocycles. The van der Waals surface area contributed by atoms with Crippen molar-refractivity contribution in [3.63, 3.8) is 0 Å². The molecular weight excluding hydrogens is 440 g/mol. The summed E-state index contributed by atoms with van der Waals surface area (Å²) in [5.41, 5.74) is -0.963. The topological polar surface area (TPSA) is 51.7 Å². The van der Waals surface area contributed by atoms with Crippen molar-refractivity contribution < 1.29 is 31.8 Å². The summed E-state index contributed by atoms with van der Waals surface area (Å²) in [7, 11) is 1.23. The Hall–Kier alpha value is -2.68. The Morgan fingerprint density at radius 3 is 2.39 bits per heavy atom. The fourth-order valence-corrected chi connectivity index (χ4v) is 3.77. The van der Waals surface area contributed by atoms with Gasteiger partial charge in [0, 0.05) is 12.1 Å². The first-order valence-corrected chi connectivity index (χ1v) is 10.8. The monoisotopic (exact) mass is 468 g/mol. The minimum absolute atomic E-state index is 0.00731. The van der Waals surface area contributed by atoms with Gasteiger partial charge in [0.1, 0.15) is 11.6 Å². The number of alkyl halides is 3. The predicted molar refractivity (Wildman–Crippen MR) is 115 cm³/mol. The number of esters is 1. The maximum absolute atomic E-state index is 14.4. The number of carbonyl (C=O) groups is 1. The van der Waals surface area contributed by atoms with Gasteiger partial charge in [-0.05, 0) is 76.0 Å². The Morgan fingerprint density at radius 2 is 1.85 bits per heavy atom. The van der Waals surface area contributed by atoms with Crippen LogP contribution in [0.25, 0.3) is 11.3 Å². The molecule has 0 N–H and O–H groups in total. The van der Waals surface area contributed by atoms with Gasteiger partial charge in [-0.3, -0.25) is 4.98 Å². The average molecular weight is 468 g/mol. The molecule has 3 rings (SSSR count). The number of likely N-dealkylation sites (tertiary alicyclic amines) is 1. The summed E-state index contributed by atoms with van der Waals surface area (Å²) in [5, 5.41) is 0. The summed E-state index contributed by atoms with van der Waals surface area (Å²) >= 11 is 0. The Bertz CT molecular complexity index is 953. The molecule has 0 saturated carbocycles. The van der Waals surface area contributed by atoms with E-state index < -0.39 is 23.4 Å². The number of ether oxygens (including phenoxy) is 2. The summed E-state index contributed by atoms with van der Waals surface area (Å²) in [6.07, 6.45) is -1.20. The van der Waals surface area contributed by atoms with Crippen molar-refractivity contribution in [1.29, 1.82) is 0 Å². The highest BCUT2D eigenvalue weighted by Crippen LogP contribution is 2.38. The normalized spacial score (nSPS) is 16.0. The molecule has 0 aliphatic carbocycles. The molecule has 180 valence electrons. The van der Waals surface area contributed by atoms with Crippen molar-refractivity contribution in [3.05, 3.63) is 47.9 Å². The summed E-state index contributed by atoms with van der Waals surface area (Å²) < 4.78 is 64.1. The molecule has 9 heteroatoms. The lowest BCUT2D eigenvalue weighted by Gasteiger charge is -2.38. The third kappa shape index (κ3) is 6.22. The lowest BCUT2D eigenvalue weighted by atomic mass is 9.89. The minimum Gasteiger partial charge on any atom is -0.492 e. The molecule has 0 atom stereocenters. The number of hydrogen-bond acceptors (Lipinski definition) is 5. The summed E-state index contributed by atoms with van der Waals surface area (Å²) in [4.78, 5) is 17.6. The van der Waals surface area contributed by atoms with Gasteiger partial charge < -0.3 is 14.4 Å². The number of aromatic nitrogens is 1. The summed E-state index contributed by atoms with van der Waals surface area (Å²) in [6, 6.07) is 7.37. The predicted octanol–water partition coefficient (Wildman–Crippen LogP) is 5.35. The van der Waals surface area contributed by atoms with Crippen LogP contribution in [-0.4, -0.2) is 55.4 Å². The van der Waals surface area contributed by atoms with Crippen LogP contribution in [0.4, 0.5) is 17.6 Å². The van der Waals surface area contributed by atoms with Gasteiger partial charge in [0.05, 0.1) is 36.6 Å². The summed E-state index contributed by atoms with van der Waals surface area (Å²) in [6.45, 7) is 4.11. The van der Waals surface area contributed by atoms with Crippen LogP contribution in [0.2, 0.25) is 0 Å². The number of carbonyl (C=O) groups excluding carboxylic acids is 1. The van der Waals surface area contributed by atoms with Gasteiger partial charge in [-0.2, -0.15) is 13.2 Å². The number of hydrogen-bond donors (Lipinski definition) is 0. The highest BCUT2D eigenvalue weighted by molar-refractivity contribution is 5.90. The molecule has 2 aromatic rings. The van der Waals surface area contributed by atoms with Crippen LogP contribution < -0.4 is 4.74 Å². The quantitative estimate of drug-likeness (QED) is 0.405. The van der Waals surface area contributed by atoms with E-state index in [1.54, 1.807) is 12.1 Å². The van der Waals surface area contributed by atoms with Crippen LogP contribution in [0.1, 0.15) is 37.0 Å². The number of rotatable bonds is 7. The Kier molecular flexibility index (Phi) is 7.62. The highest BCUT2D eigenvalue weighted by atomic mass is 19.4. The number of pyridine rings is 1. The SMILES string of the molecule is COC(=O)c1ccc(-c2ccc(OCC3CCN(CC(C)(C)C(F)(F)F)CC3)cn2)c(F)c1. The Labute approximate surface area is 190 Å². The van der Waals surface area contributed by atoms with Gasteiger partial charge >= 0.3 is 12.1 Å². The standard InChI is InChI=1S/C24H28F4N2O3/c1-23(2,24(26,27)28)15-30-10-8-16(9-11-30)14-33-18-5-7-21(29-13-18)19-6-4-17(12-20(19)25)22(31)32-3/h4-7,12-13,16H,8-11,14-15H2,1-3H3. The van der Waals surface area contributed by atoms with E-state index in [9.17, 15) is 22.4 Å². The van der Waals surface area contributed by atoms with E-state index in [2.05, 4.69) is 9.72 Å². The van der Waals surface area contributed by atoms with Gasteiger partial charge in [0.2, 0.25) is 0 Å². The first kappa shape index (κ1) is 25.0. The van der Waals surface area contributed by atoms with E-state index in [1.165, 1.54) is 39.3 Å². The van der Waals surface area contributed by atoms with Crippen molar-refractivity contribution in [2.75, 3.05) is 33.4 Å². The van der Waals surface area contributed by atoms with Crippen LogP contribution in [0.3, 0.4) is 0 Å². The second-order valence-corrected chi connectivity index (χ2v) is 8.98. The second-order valence-electron chi connectivity index (χ2n) is 8.98. The van der Waals surface area contributed by atoms with E-state index in [-0.39, 0.29) is 23.6 Å². The average Bonchev–Trinajstić information content (AvgIpc) is 2.77. The van der Waals surface area contributed by atoms with Crippen molar-refractivity contribution >= 4 is 5.97 Å². The van der Waals surface area contributed by atoms with Crippen LogP contribution in [-0.2, 0) is 4.74 Å². The van der Waals surface area contributed by atoms with Gasteiger partial charge in [0.25, 0.3) is 0 Å². The number of halogens is 4. The fourth-order valence-electron chi connectivity index (χ4n) is 3.77. The molecule has 33 heavy (non-hydrogen) atoms. The minimum atomic E-state index is -4.22. The number of benzene rings is 1. The van der Waals surface area contributed by atoms with E-state index in [1.807, 2.05) is 4.90 Å². The zero-order chi connectivity index (χ0) is 24.2. The molecule has 1 fully saturated rings. The van der Waals surface area contributed by atoms with Gasteiger partial charge in [-0.25, -0.2) is 9.18 Å². The third-order valence-electron chi connectivity index (χ3n) is 5.98. The second kappa shape index (κ2) is 10.1. The van der Waals surface area contributed by atoms with Crippen LogP contribution in [0.15, 0.2) is 36.5 Å². The van der Waals surface area contributed by atoms with Crippen molar-refractivity contribution in [3.8, 4) is 17.0 Å². The molecule has 0 bridgehead atoms. The molecule has 2 heterocycles. The molecule has 0 radical (unpaired) electrons. The third-order valence-corrected chi connectivity index (χ3v) is 5.98. The molecule has 5 nitrogen and oxygen atoms in total. The van der Waals surface area contributed by atoms with E-state index in [0.717, 1.165) is 18.9 Å². The van der Waals surface area contributed by atoms with Crippen molar-refractivity contribution in [2.24, 2.45) is 11.3 Å². The van der Waals surface area contributed by atoms with E-state index >= 15 is 0 Å². The Balaban J connectivity index is 1.50. The number of methoxy groups -OCH3 is 1. The summed E-state index contributed by atoms with van der Waals surface area (Å²) in [5.74, 6) is -0.421. The first-order valence-electron chi connectivity index (χ1n) is 10.8. The largest absolute Gasteiger partial charge is 0.492 e. The molecule has 1 aliphatic rings. The molecule has 1 saturated heterocycles. The molecule has 0 unspecified atom stereocenters. The maximum atomic E-state index is 14.4. The first-order chi connectivity index (χ1) is 15.5. The van der Waals surface area contributed by atoms with Crippen molar-refractivity contribution in [1.82, 2.24) is 9.88 Å². The van der Waals surface area contributed by atoms with E-state index in [4.69, 9.17) is 4.74 Å². The molecule has 1 aromatic carbocycles. The van der Waals surface area contributed by atoms with E-state index in [0.29, 0.717) is 31.1 Å². The van der Waals surface area contributed by atoms with Crippen LogP contribution in [0, 0.1) is 17.2 Å². The van der Waals surface area contributed by atoms with Crippen molar-refractivity contribution in [2.45, 2.75) is 32.9 Å². The smallest absolute Gasteiger partial charge is 0.395 e.